The number of rotatable bonds is 2. The van der Waals surface area contributed by atoms with Gasteiger partial charge in [0, 0.05) is 6.61 Å². The van der Waals surface area contributed by atoms with Crippen molar-refractivity contribution >= 4 is 17.0 Å². The van der Waals surface area contributed by atoms with E-state index in [0.29, 0.717) is 12.1 Å². The summed E-state index contributed by atoms with van der Waals surface area (Å²) in [4.78, 5) is 11.0. The second kappa shape index (κ2) is 4.06. The van der Waals surface area contributed by atoms with Crippen molar-refractivity contribution in [2.45, 2.75) is 25.5 Å². The van der Waals surface area contributed by atoms with Crippen molar-refractivity contribution in [2.75, 3.05) is 6.61 Å². The summed E-state index contributed by atoms with van der Waals surface area (Å²) in [7, 11) is 0. The summed E-state index contributed by atoms with van der Waals surface area (Å²) in [5.74, 6) is -0.944. The third-order valence-electron chi connectivity index (χ3n) is 3.37. The van der Waals surface area contributed by atoms with E-state index in [1.165, 1.54) is 6.07 Å². The molecule has 0 bridgehead atoms. The van der Waals surface area contributed by atoms with Crippen molar-refractivity contribution in [3.05, 3.63) is 23.8 Å². The van der Waals surface area contributed by atoms with Gasteiger partial charge >= 0.3 is 5.97 Å². The predicted octanol–water partition coefficient (Wildman–Crippen LogP) is 1.48. The number of nitrogens with zero attached hydrogens (tertiary/aromatic N) is 3. The minimum atomic E-state index is -0.944. The van der Waals surface area contributed by atoms with Crippen LogP contribution in [0.3, 0.4) is 0 Å². The fourth-order valence-corrected chi connectivity index (χ4v) is 2.36. The van der Waals surface area contributed by atoms with E-state index in [4.69, 9.17) is 9.84 Å². The topological polar surface area (TPSA) is 77.2 Å². The Kier molecular flexibility index (Phi) is 2.52. The maximum atomic E-state index is 11.0. The van der Waals surface area contributed by atoms with E-state index in [0.717, 1.165) is 11.9 Å². The largest absolute Gasteiger partial charge is 0.478 e. The van der Waals surface area contributed by atoms with Crippen LogP contribution in [0.15, 0.2) is 18.2 Å². The van der Waals surface area contributed by atoms with Crippen molar-refractivity contribution in [1.82, 2.24) is 15.0 Å². The molecule has 2 aromatic rings. The maximum absolute atomic E-state index is 11.0. The van der Waals surface area contributed by atoms with Gasteiger partial charge in [0.1, 0.15) is 5.52 Å². The number of carboxylic acid groups (broad SMARTS) is 1. The first kappa shape index (κ1) is 11.2. The van der Waals surface area contributed by atoms with Gasteiger partial charge in [-0.15, -0.1) is 5.10 Å². The number of carboxylic acids is 1. The van der Waals surface area contributed by atoms with Gasteiger partial charge in [0.05, 0.1) is 23.2 Å². The fraction of sp³-hybridized carbons (Fsp3) is 0.417. The number of benzene rings is 1. The number of hydrogen-bond donors (Lipinski definition) is 1. The Morgan fingerprint density at radius 2 is 2.39 bits per heavy atom. The summed E-state index contributed by atoms with van der Waals surface area (Å²) < 4.78 is 7.29. The molecule has 3 rings (SSSR count). The van der Waals surface area contributed by atoms with E-state index in [1.54, 1.807) is 16.8 Å². The molecule has 2 atom stereocenters. The first-order valence-corrected chi connectivity index (χ1v) is 5.86. The molecule has 1 aromatic carbocycles. The molecule has 1 N–H and O–H groups in total. The Morgan fingerprint density at radius 3 is 3.06 bits per heavy atom. The molecule has 0 aliphatic carbocycles. The molecule has 1 aromatic heterocycles. The molecular weight excluding hydrogens is 234 g/mol. The molecule has 1 aliphatic heterocycles. The van der Waals surface area contributed by atoms with E-state index in [9.17, 15) is 4.79 Å². The molecule has 6 nitrogen and oxygen atoms in total. The Balaban J connectivity index is 2.11. The number of hydrogen-bond acceptors (Lipinski definition) is 4. The summed E-state index contributed by atoms with van der Waals surface area (Å²) in [6.45, 7) is 2.69. The summed E-state index contributed by atoms with van der Waals surface area (Å²) in [6.07, 6.45) is 0.945. The van der Waals surface area contributed by atoms with Crippen LogP contribution in [-0.4, -0.2) is 38.8 Å². The first-order valence-electron chi connectivity index (χ1n) is 5.86. The van der Waals surface area contributed by atoms with Crippen LogP contribution in [0.2, 0.25) is 0 Å². The van der Waals surface area contributed by atoms with Crippen molar-refractivity contribution < 1.29 is 14.6 Å². The van der Waals surface area contributed by atoms with E-state index >= 15 is 0 Å². The smallest absolute Gasteiger partial charge is 0.335 e. The molecule has 0 saturated carbocycles. The highest BCUT2D eigenvalue weighted by atomic mass is 16.5. The highest BCUT2D eigenvalue weighted by Gasteiger charge is 2.28. The Labute approximate surface area is 103 Å². The zero-order valence-electron chi connectivity index (χ0n) is 9.91. The number of aromatic nitrogens is 3. The minimum Gasteiger partial charge on any atom is -0.478 e. The van der Waals surface area contributed by atoms with Crippen LogP contribution in [0, 0.1) is 0 Å². The number of carbonyl (C=O) groups is 1. The molecule has 94 valence electrons. The number of ether oxygens (including phenoxy) is 1. The molecule has 0 spiro atoms. The van der Waals surface area contributed by atoms with E-state index in [-0.39, 0.29) is 17.7 Å². The van der Waals surface area contributed by atoms with Gasteiger partial charge in [0.25, 0.3) is 0 Å². The van der Waals surface area contributed by atoms with Crippen LogP contribution in [0.4, 0.5) is 0 Å². The third kappa shape index (κ3) is 1.65. The van der Waals surface area contributed by atoms with E-state index < -0.39 is 5.97 Å². The molecule has 2 unspecified atom stereocenters. The van der Waals surface area contributed by atoms with Crippen LogP contribution >= 0.6 is 0 Å². The van der Waals surface area contributed by atoms with Gasteiger partial charge in [-0.3, -0.25) is 0 Å². The maximum Gasteiger partial charge on any atom is 0.335 e. The van der Waals surface area contributed by atoms with Gasteiger partial charge in [-0.2, -0.15) is 0 Å². The molecular formula is C12H13N3O3. The van der Waals surface area contributed by atoms with Crippen molar-refractivity contribution in [3.63, 3.8) is 0 Å². The van der Waals surface area contributed by atoms with E-state index in [2.05, 4.69) is 10.3 Å². The van der Waals surface area contributed by atoms with Gasteiger partial charge in [-0.1, -0.05) is 5.21 Å². The van der Waals surface area contributed by atoms with Gasteiger partial charge in [-0.05, 0) is 31.5 Å². The normalized spacial score (nSPS) is 23.6. The van der Waals surface area contributed by atoms with Crippen LogP contribution in [0.1, 0.15) is 29.7 Å². The van der Waals surface area contributed by atoms with Gasteiger partial charge in [0.15, 0.2) is 0 Å². The van der Waals surface area contributed by atoms with Crippen molar-refractivity contribution in [2.24, 2.45) is 0 Å². The average Bonchev–Trinajstić information content (AvgIpc) is 2.93. The standard InChI is InChI=1S/C12H13N3O3/c1-7-10(4-5-18-7)15-11-6-8(12(16)17)2-3-9(11)13-14-15/h2-3,6-7,10H,4-5H2,1H3,(H,16,17). The Bertz CT molecular complexity index is 608. The minimum absolute atomic E-state index is 0.0726. The molecule has 6 heteroatoms. The SMILES string of the molecule is CC1OCCC1n1nnc2ccc(C(=O)O)cc21. The lowest BCUT2D eigenvalue weighted by Crippen LogP contribution is -2.18. The van der Waals surface area contributed by atoms with Crippen LogP contribution in [-0.2, 0) is 4.74 Å². The van der Waals surface area contributed by atoms with Crippen molar-refractivity contribution in [1.29, 1.82) is 0 Å². The number of aromatic carboxylic acids is 1. The molecule has 2 heterocycles. The summed E-state index contributed by atoms with van der Waals surface area (Å²) in [6, 6.07) is 4.96. The van der Waals surface area contributed by atoms with Crippen LogP contribution in [0.25, 0.3) is 11.0 Å². The second-order valence-corrected chi connectivity index (χ2v) is 4.47. The van der Waals surface area contributed by atoms with Gasteiger partial charge in [-0.25, -0.2) is 9.48 Å². The van der Waals surface area contributed by atoms with E-state index in [1.807, 2.05) is 6.92 Å². The number of fused-ring (bicyclic) bond motifs is 1. The second-order valence-electron chi connectivity index (χ2n) is 4.47. The van der Waals surface area contributed by atoms with Gasteiger partial charge < -0.3 is 9.84 Å². The van der Waals surface area contributed by atoms with Crippen molar-refractivity contribution in [3.8, 4) is 0 Å². The Hall–Kier alpha value is -1.95. The lowest BCUT2D eigenvalue weighted by Gasteiger charge is -2.14. The zero-order valence-corrected chi connectivity index (χ0v) is 9.91. The zero-order chi connectivity index (χ0) is 12.7. The third-order valence-corrected chi connectivity index (χ3v) is 3.37. The lowest BCUT2D eigenvalue weighted by atomic mass is 10.1. The average molecular weight is 247 g/mol. The first-order chi connectivity index (χ1) is 8.66. The quantitative estimate of drug-likeness (QED) is 0.869. The fourth-order valence-electron chi connectivity index (χ4n) is 2.36. The molecule has 1 aliphatic rings. The van der Waals surface area contributed by atoms with Crippen LogP contribution in [0.5, 0.6) is 0 Å². The molecule has 18 heavy (non-hydrogen) atoms. The molecule has 1 saturated heterocycles. The monoisotopic (exact) mass is 247 g/mol. The van der Waals surface area contributed by atoms with Crippen LogP contribution < -0.4 is 0 Å². The predicted molar refractivity (Wildman–Crippen MR) is 63.6 cm³/mol. The summed E-state index contributed by atoms with van der Waals surface area (Å²) in [5, 5.41) is 17.2. The summed E-state index contributed by atoms with van der Waals surface area (Å²) >= 11 is 0. The highest BCUT2D eigenvalue weighted by Crippen LogP contribution is 2.28. The molecule has 1 fully saturated rings. The summed E-state index contributed by atoms with van der Waals surface area (Å²) in [5.41, 5.74) is 1.70. The molecule has 0 amide bonds. The Morgan fingerprint density at radius 1 is 1.56 bits per heavy atom. The van der Waals surface area contributed by atoms with Gasteiger partial charge in [0.2, 0.25) is 0 Å². The lowest BCUT2D eigenvalue weighted by molar-refractivity contribution is 0.0697. The molecule has 0 radical (unpaired) electrons. The highest BCUT2D eigenvalue weighted by molar-refractivity contribution is 5.92.